The van der Waals surface area contributed by atoms with Crippen molar-refractivity contribution in [3.63, 3.8) is 0 Å². The lowest BCUT2D eigenvalue weighted by atomic mass is 10.2. The largest absolute Gasteiger partial charge is 0.428 e. The quantitative estimate of drug-likeness (QED) is 0.540. The summed E-state index contributed by atoms with van der Waals surface area (Å²) in [6.45, 7) is 1.92. The Bertz CT molecular complexity index is 777. The zero-order valence-electron chi connectivity index (χ0n) is 10.3. The summed E-state index contributed by atoms with van der Waals surface area (Å²) >= 11 is 19.7. The van der Waals surface area contributed by atoms with Crippen LogP contribution in [0.3, 0.4) is 0 Å². The van der Waals surface area contributed by atoms with Crippen LogP contribution in [0, 0.1) is 6.92 Å². The first-order valence-corrected chi connectivity index (χ1v) is 7.67. The molecular formula is C14H8Cl3NOS. The molecule has 2 nitrogen and oxygen atoms in total. The van der Waals surface area contributed by atoms with Crippen LogP contribution >= 0.6 is 46.1 Å². The van der Waals surface area contributed by atoms with Crippen LogP contribution in [0.15, 0.2) is 30.3 Å². The van der Waals surface area contributed by atoms with E-state index in [1.54, 1.807) is 18.2 Å². The summed E-state index contributed by atoms with van der Waals surface area (Å²) in [6.07, 6.45) is 0. The number of nitrogens with zero attached hydrogens (tertiary/aromatic N) is 1. The van der Waals surface area contributed by atoms with Gasteiger partial charge in [0.25, 0.3) is 5.19 Å². The monoisotopic (exact) mass is 343 g/mol. The zero-order valence-corrected chi connectivity index (χ0v) is 13.4. The van der Waals surface area contributed by atoms with E-state index in [0.717, 1.165) is 15.8 Å². The minimum absolute atomic E-state index is 0.420. The van der Waals surface area contributed by atoms with Gasteiger partial charge in [-0.05, 0) is 42.8 Å². The highest BCUT2D eigenvalue weighted by Crippen LogP contribution is 2.39. The molecule has 20 heavy (non-hydrogen) atoms. The van der Waals surface area contributed by atoms with Crippen molar-refractivity contribution in [2.24, 2.45) is 0 Å². The third kappa shape index (κ3) is 2.72. The maximum Gasteiger partial charge on any atom is 0.279 e. The lowest BCUT2D eigenvalue weighted by Crippen LogP contribution is -1.87. The van der Waals surface area contributed by atoms with E-state index in [9.17, 15) is 0 Å². The normalized spacial score (nSPS) is 11.0. The van der Waals surface area contributed by atoms with Gasteiger partial charge in [-0.1, -0.05) is 46.1 Å². The van der Waals surface area contributed by atoms with Crippen LogP contribution in [0.1, 0.15) is 5.56 Å². The molecule has 0 bridgehead atoms. The SMILES string of the molecule is Cc1cc(Cl)c(Oc2nc3ccc(Cl)cc3s2)c(Cl)c1. The van der Waals surface area contributed by atoms with Crippen LogP contribution in [0.4, 0.5) is 0 Å². The Labute approximate surface area is 134 Å². The average molecular weight is 345 g/mol. The van der Waals surface area contributed by atoms with Crippen molar-refractivity contribution >= 4 is 56.4 Å². The number of ether oxygens (including phenoxy) is 1. The lowest BCUT2D eigenvalue weighted by Gasteiger charge is -2.07. The molecule has 6 heteroatoms. The molecule has 0 amide bonds. The summed E-state index contributed by atoms with van der Waals surface area (Å²) in [6, 6.07) is 9.08. The van der Waals surface area contributed by atoms with Crippen molar-refractivity contribution in [2.75, 3.05) is 0 Å². The van der Waals surface area contributed by atoms with Crippen molar-refractivity contribution in [3.8, 4) is 10.9 Å². The first kappa shape index (κ1) is 14.0. The molecule has 0 fully saturated rings. The Morgan fingerprint density at radius 2 is 1.75 bits per heavy atom. The molecule has 0 saturated carbocycles. The number of hydrogen-bond acceptors (Lipinski definition) is 3. The van der Waals surface area contributed by atoms with Gasteiger partial charge in [0.2, 0.25) is 0 Å². The molecule has 2 aromatic carbocycles. The van der Waals surface area contributed by atoms with Gasteiger partial charge in [0, 0.05) is 5.02 Å². The summed E-state index contributed by atoms with van der Waals surface area (Å²) in [5, 5.41) is 2.08. The average Bonchev–Trinajstić information content (AvgIpc) is 2.75. The lowest BCUT2D eigenvalue weighted by molar-refractivity contribution is 0.480. The molecule has 0 spiro atoms. The third-order valence-electron chi connectivity index (χ3n) is 2.66. The number of rotatable bonds is 2. The van der Waals surface area contributed by atoms with Gasteiger partial charge < -0.3 is 4.74 Å². The number of thiazole rings is 1. The van der Waals surface area contributed by atoms with E-state index in [2.05, 4.69) is 4.98 Å². The topological polar surface area (TPSA) is 22.1 Å². The highest BCUT2D eigenvalue weighted by molar-refractivity contribution is 7.20. The molecule has 0 radical (unpaired) electrons. The third-order valence-corrected chi connectivity index (χ3v) is 4.36. The van der Waals surface area contributed by atoms with Crippen LogP contribution in [0.2, 0.25) is 15.1 Å². The number of aryl methyl sites for hydroxylation is 1. The maximum absolute atomic E-state index is 6.15. The van der Waals surface area contributed by atoms with Crippen molar-refractivity contribution in [1.82, 2.24) is 4.98 Å². The summed E-state index contributed by atoms with van der Waals surface area (Å²) in [7, 11) is 0. The van der Waals surface area contributed by atoms with Gasteiger partial charge in [0.05, 0.1) is 20.3 Å². The second kappa shape index (κ2) is 5.41. The molecule has 0 saturated heterocycles. The highest BCUT2D eigenvalue weighted by atomic mass is 35.5. The molecular weight excluding hydrogens is 337 g/mol. The van der Waals surface area contributed by atoms with Crippen molar-refractivity contribution in [3.05, 3.63) is 51.0 Å². The van der Waals surface area contributed by atoms with Crippen LogP contribution in [-0.2, 0) is 0 Å². The Kier molecular flexibility index (Phi) is 3.78. The van der Waals surface area contributed by atoms with Gasteiger partial charge in [-0.15, -0.1) is 0 Å². The summed E-state index contributed by atoms with van der Waals surface area (Å²) < 4.78 is 6.67. The van der Waals surface area contributed by atoms with E-state index in [0.29, 0.717) is 26.0 Å². The Morgan fingerprint density at radius 3 is 2.45 bits per heavy atom. The second-order valence-electron chi connectivity index (χ2n) is 4.25. The van der Waals surface area contributed by atoms with Crippen LogP contribution in [0.25, 0.3) is 10.2 Å². The van der Waals surface area contributed by atoms with Gasteiger partial charge in [-0.2, -0.15) is 0 Å². The molecule has 0 aliphatic carbocycles. The smallest absolute Gasteiger partial charge is 0.279 e. The van der Waals surface area contributed by atoms with E-state index >= 15 is 0 Å². The minimum atomic E-state index is 0.420. The minimum Gasteiger partial charge on any atom is -0.428 e. The molecule has 0 aliphatic heterocycles. The van der Waals surface area contributed by atoms with E-state index in [1.165, 1.54) is 11.3 Å². The van der Waals surface area contributed by atoms with E-state index < -0.39 is 0 Å². The molecule has 0 N–H and O–H groups in total. The van der Waals surface area contributed by atoms with Crippen LogP contribution in [-0.4, -0.2) is 4.98 Å². The van der Waals surface area contributed by atoms with Crippen molar-refractivity contribution in [2.45, 2.75) is 6.92 Å². The van der Waals surface area contributed by atoms with Gasteiger partial charge in [0.15, 0.2) is 5.75 Å². The molecule has 1 heterocycles. The Morgan fingerprint density at radius 1 is 1.05 bits per heavy atom. The maximum atomic E-state index is 6.15. The van der Waals surface area contributed by atoms with Crippen LogP contribution < -0.4 is 4.74 Å². The van der Waals surface area contributed by atoms with E-state index in [1.807, 2.05) is 19.1 Å². The molecule has 3 rings (SSSR count). The van der Waals surface area contributed by atoms with Crippen molar-refractivity contribution in [1.29, 1.82) is 0 Å². The number of halogens is 3. The van der Waals surface area contributed by atoms with E-state index in [-0.39, 0.29) is 0 Å². The Balaban J connectivity index is 2.01. The molecule has 3 aromatic rings. The summed E-state index contributed by atoms with van der Waals surface area (Å²) in [5.41, 5.74) is 1.80. The Hall–Kier alpha value is -1.000. The van der Waals surface area contributed by atoms with Crippen molar-refractivity contribution < 1.29 is 4.74 Å². The van der Waals surface area contributed by atoms with E-state index in [4.69, 9.17) is 39.5 Å². The fourth-order valence-electron chi connectivity index (χ4n) is 1.79. The molecule has 0 unspecified atom stereocenters. The molecule has 102 valence electrons. The predicted molar refractivity (Wildman–Crippen MR) is 85.9 cm³/mol. The number of hydrogen-bond donors (Lipinski definition) is 0. The number of benzene rings is 2. The first-order valence-electron chi connectivity index (χ1n) is 5.72. The zero-order chi connectivity index (χ0) is 14.3. The van der Waals surface area contributed by atoms with Gasteiger partial charge in [-0.25, -0.2) is 4.98 Å². The van der Waals surface area contributed by atoms with Crippen LogP contribution in [0.5, 0.6) is 10.9 Å². The van der Waals surface area contributed by atoms with Gasteiger partial charge in [-0.3, -0.25) is 0 Å². The fraction of sp³-hybridized carbons (Fsp3) is 0.0714. The molecule has 1 aromatic heterocycles. The highest BCUT2D eigenvalue weighted by Gasteiger charge is 2.13. The molecule has 0 atom stereocenters. The second-order valence-corrected chi connectivity index (χ2v) is 6.50. The number of aromatic nitrogens is 1. The molecule has 0 aliphatic rings. The fourth-order valence-corrected chi connectivity index (χ4v) is 3.56. The summed E-state index contributed by atoms with van der Waals surface area (Å²) in [4.78, 5) is 4.37. The van der Waals surface area contributed by atoms with Gasteiger partial charge >= 0.3 is 0 Å². The first-order chi connectivity index (χ1) is 9.52. The van der Waals surface area contributed by atoms with Gasteiger partial charge in [0.1, 0.15) is 0 Å². The predicted octanol–water partition coefficient (Wildman–Crippen LogP) is 6.36. The number of fused-ring (bicyclic) bond motifs is 1. The summed E-state index contributed by atoms with van der Waals surface area (Å²) in [5.74, 6) is 0.420. The standard InChI is InChI=1S/C14H8Cl3NOS/c1-7-4-9(16)13(10(17)5-7)19-14-18-11-3-2-8(15)6-12(11)20-14/h2-6H,1H3.